The van der Waals surface area contributed by atoms with E-state index in [1.54, 1.807) is 11.3 Å². The van der Waals surface area contributed by atoms with Gasteiger partial charge in [0.05, 0.1) is 5.70 Å². The van der Waals surface area contributed by atoms with Crippen molar-refractivity contribution in [2.24, 2.45) is 0 Å². The lowest BCUT2D eigenvalue weighted by Crippen LogP contribution is -2.15. The maximum atomic E-state index is 11.6. The molecule has 12 heavy (non-hydrogen) atoms. The van der Waals surface area contributed by atoms with Gasteiger partial charge in [-0.15, -0.1) is 0 Å². The van der Waals surface area contributed by atoms with Crippen LogP contribution in [0.4, 0.5) is 0 Å². The van der Waals surface area contributed by atoms with Crippen molar-refractivity contribution in [2.75, 3.05) is 6.54 Å². The predicted octanol–water partition coefficient (Wildman–Crippen LogP) is 1.81. The van der Waals surface area contributed by atoms with Crippen molar-refractivity contribution in [1.82, 2.24) is 5.32 Å². The first-order valence-corrected chi connectivity index (χ1v) is 4.83. The van der Waals surface area contributed by atoms with Gasteiger partial charge in [0.1, 0.15) is 0 Å². The molecule has 0 fully saturated rings. The molecule has 0 aliphatic carbocycles. The predicted molar refractivity (Wildman–Crippen MR) is 49.4 cm³/mol. The van der Waals surface area contributed by atoms with Crippen LogP contribution >= 0.6 is 11.3 Å². The average Bonchev–Trinajstić information content (AvgIpc) is 2.77. The Labute approximate surface area is 74.9 Å². The van der Waals surface area contributed by atoms with Crippen molar-refractivity contribution >= 4 is 17.1 Å². The van der Waals surface area contributed by atoms with Crippen LogP contribution in [0.1, 0.15) is 16.8 Å². The van der Waals surface area contributed by atoms with Gasteiger partial charge in [-0.1, -0.05) is 6.08 Å². The van der Waals surface area contributed by atoms with E-state index in [2.05, 4.69) is 5.32 Å². The van der Waals surface area contributed by atoms with Gasteiger partial charge < -0.3 is 5.32 Å². The van der Waals surface area contributed by atoms with Crippen molar-refractivity contribution in [2.45, 2.75) is 6.42 Å². The van der Waals surface area contributed by atoms with Gasteiger partial charge in [-0.2, -0.15) is 11.3 Å². The highest BCUT2D eigenvalue weighted by Crippen LogP contribution is 2.13. The molecule has 2 nitrogen and oxygen atoms in total. The third-order valence-corrected chi connectivity index (χ3v) is 2.52. The Morgan fingerprint density at radius 1 is 1.58 bits per heavy atom. The quantitative estimate of drug-likeness (QED) is 0.701. The minimum atomic E-state index is 0.119. The van der Waals surface area contributed by atoms with Crippen LogP contribution in [0.2, 0.25) is 0 Å². The maximum Gasteiger partial charge on any atom is 0.209 e. The number of hydrogen-bond donors (Lipinski definition) is 1. The summed E-state index contributed by atoms with van der Waals surface area (Å²) in [4.78, 5) is 11.6. The molecular formula is C9H9NOS. The summed E-state index contributed by atoms with van der Waals surface area (Å²) in [6.07, 6.45) is 2.92. The summed E-state index contributed by atoms with van der Waals surface area (Å²) in [5.74, 6) is 0.119. The molecule has 2 rings (SSSR count). The fourth-order valence-electron chi connectivity index (χ4n) is 1.22. The molecule has 0 amide bonds. The molecule has 1 N–H and O–H groups in total. The summed E-state index contributed by atoms with van der Waals surface area (Å²) in [6, 6.07) is 1.86. The summed E-state index contributed by atoms with van der Waals surface area (Å²) >= 11 is 1.55. The van der Waals surface area contributed by atoms with Crippen LogP contribution in [-0.2, 0) is 0 Å². The van der Waals surface area contributed by atoms with E-state index in [9.17, 15) is 4.79 Å². The first kappa shape index (κ1) is 7.55. The van der Waals surface area contributed by atoms with Crippen molar-refractivity contribution in [3.05, 3.63) is 34.2 Å². The minimum absolute atomic E-state index is 0.119. The van der Waals surface area contributed by atoms with E-state index in [1.807, 2.05) is 22.9 Å². The lowest BCUT2D eigenvalue weighted by Gasteiger charge is -1.99. The highest BCUT2D eigenvalue weighted by Gasteiger charge is 2.14. The Bertz CT molecular complexity index is 313. The maximum absolute atomic E-state index is 11.6. The number of Topliss-reactive ketones (excluding diaryl/α,β-unsaturated/α-hetero) is 1. The van der Waals surface area contributed by atoms with E-state index < -0.39 is 0 Å². The monoisotopic (exact) mass is 179 g/mol. The Morgan fingerprint density at radius 3 is 3.08 bits per heavy atom. The van der Waals surface area contributed by atoms with E-state index in [1.165, 1.54) is 0 Å². The third kappa shape index (κ3) is 1.28. The van der Waals surface area contributed by atoms with Crippen LogP contribution in [-0.4, -0.2) is 12.3 Å². The molecule has 1 aromatic heterocycles. The number of thiophene rings is 1. The minimum Gasteiger partial charge on any atom is -0.382 e. The highest BCUT2D eigenvalue weighted by atomic mass is 32.1. The standard InChI is InChI=1S/C9H9NOS/c11-9(7-3-5-12-6-7)8-2-1-4-10-8/h2-3,5-6,10H,1,4H2. The smallest absolute Gasteiger partial charge is 0.209 e. The van der Waals surface area contributed by atoms with Gasteiger partial charge in [-0.3, -0.25) is 4.79 Å². The summed E-state index contributed by atoms with van der Waals surface area (Å²) in [5, 5.41) is 6.86. The van der Waals surface area contributed by atoms with E-state index in [-0.39, 0.29) is 5.78 Å². The molecule has 0 aromatic carbocycles. The fourth-order valence-corrected chi connectivity index (χ4v) is 1.85. The Kier molecular flexibility index (Phi) is 1.96. The number of nitrogens with one attached hydrogen (secondary N) is 1. The molecule has 2 heterocycles. The number of carbonyl (C=O) groups excluding carboxylic acids is 1. The van der Waals surface area contributed by atoms with Gasteiger partial charge in [-0.05, 0) is 17.9 Å². The zero-order valence-electron chi connectivity index (χ0n) is 6.54. The van der Waals surface area contributed by atoms with Gasteiger partial charge in [0.2, 0.25) is 5.78 Å². The van der Waals surface area contributed by atoms with Crippen molar-refractivity contribution in [1.29, 1.82) is 0 Å². The molecule has 62 valence electrons. The molecule has 3 heteroatoms. The van der Waals surface area contributed by atoms with Crippen molar-refractivity contribution in [3.8, 4) is 0 Å². The Hall–Kier alpha value is -1.09. The van der Waals surface area contributed by atoms with Gasteiger partial charge in [0, 0.05) is 17.5 Å². The van der Waals surface area contributed by atoms with E-state index in [0.29, 0.717) is 0 Å². The molecule has 1 aliphatic heterocycles. The van der Waals surface area contributed by atoms with E-state index in [4.69, 9.17) is 0 Å². The van der Waals surface area contributed by atoms with Crippen LogP contribution in [0.15, 0.2) is 28.6 Å². The Morgan fingerprint density at radius 2 is 2.50 bits per heavy atom. The largest absolute Gasteiger partial charge is 0.382 e. The van der Waals surface area contributed by atoms with Gasteiger partial charge in [-0.25, -0.2) is 0 Å². The van der Waals surface area contributed by atoms with Crippen LogP contribution < -0.4 is 5.32 Å². The second kappa shape index (κ2) is 3.11. The molecule has 0 bridgehead atoms. The summed E-state index contributed by atoms with van der Waals surface area (Å²) in [5.41, 5.74) is 1.55. The van der Waals surface area contributed by atoms with Crippen LogP contribution in [0, 0.1) is 0 Å². The van der Waals surface area contributed by atoms with Crippen molar-refractivity contribution in [3.63, 3.8) is 0 Å². The van der Waals surface area contributed by atoms with E-state index in [0.717, 1.165) is 24.2 Å². The molecule has 0 spiro atoms. The number of hydrogen-bond acceptors (Lipinski definition) is 3. The highest BCUT2D eigenvalue weighted by molar-refractivity contribution is 7.08. The number of carbonyl (C=O) groups is 1. The van der Waals surface area contributed by atoms with Gasteiger partial charge >= 0.3 is 0 Å². The Balaban J connectivity index is 2.20. The summed E-state index contributed by atoms with van der Waals surface area (Å²) in [6.45, 7) is 0.894. The molecule has 0 unspecified atom stereocenters. The zero-order valence-corrected chi connectivity index (χ0v) is 7.36. The van der Waals surface area contributed by atoms with E-state index >= 15 is 0 Å². The summed E-state index contributed by atoms with van der Waals surface area (Å²) in [7, 11) is 0. The first-order chi connectivity index (χ1) is 5.88. The summed E-state index contributed by atoms with van der Waals surface area (Å²) < 4.78 is 0. The number of rotatable bonds is 2. The molecule has 0 saturated heterocycles. The lowest BCUT2D eigenvalue weighted by atomic mass is 10.2. The molecule has 0 atom stereocenters. The second-order valence-electron chi connectivity index (χ2n) is 2.67. The SMILES string of the molecule is O=C(C1=CCCN1)c1ccsc1. The normalized spacial score (nSPS) is 15.5. The molecule has 0 radical (unpaired) electrons. The zero-order chi connectivity index (χ0) is 8.39. The van der Waals surface area contributed by atoms with Gasteiger partial charge in [0.25, 0.3) is 0 Å². The first-order valence-electron chi connectivity index (χ1n) is 3.89. The average molecular weight is 179 g/mol. The fraction of sp³-hybridized carbons (Fsp3) is 0.222. The third-order valence-electron chi connectivity index (χ3n) is 1.84. The molecule has 1 aliphatic rings. The molecular weight excluding hydrogens is 170 g/mol. The number of ketones is 1. The lowest BCUT2D eigenvalue weighted by molar-refractivity contribution is 0.102. The second-order valence-corrected chi connectivity index (χ2v) is 3.45. The van der Waals surface area contributed by atoms with Crippen LogP contribution in [0.3, 0.4) is 0 Å². The van der Waals surface area contributed by atoms with Crippen molar-refractivity contribution < 1.29 is 4.79 Å². The molecule has 1 aromatic rings. The number of allylic oxidation sites excluding steroid dienone is 1. The topological polar surface area (TPSA) is 29.1 Å². The van der Waals surface area contributed by atoms with Gasteiger partial charge in [0.15, 0.2) is 0 Å². The van der Waals surface area contributed by atoms with Crippen LogP contribution in [0.5, 0.6) is 0 Å². The molecule has 0 saturated carbocycles. The van der Waals surface area contributed by atoms with Crippen LogP contribution in [0.25, 0.3) is 0 Å².